The molecule has 0 aliphatic heterocycles. The first-order chi connectivity index (χ1) is 2.50. The highest BCUT2D eigenvalue weighted by Crippen LogP contribution is 1.79. The fourth-order valence-corrected chi connectivity index (χ4v) is 0.227. The summed E-state index contributed by atoms with van der Waals surface area (Å²) in [4.78, 5) is 0. The summed E-state index contributed by atoms with van der Waals surface area (Å²) in [5.41, 5.74) is 0. The Balaban J connectivity index is 0.000000250. The molecule has 0 saturated carbocycles. The van der Waals surface area contributed by atoms with E-state index >= 15 is 0 Å². The van der Waals surface area contributed by atoms with Crippen LogP contribution in [0.3, 0.4) is 0 Å². The molecule has 0 saturated heterocycles. The van der Waals surface area contributed by atoms with Crippen molar-refractivity contribution in [3.63, 3.8) is 0 Å². The van der Waals surface area contributed by atoms with Gasteiger partial charge in [0.1, 0.15) is 0 Å². The Bertz CT molecular complexity index is 64.0. The Labute approximate surface area is 52.5 Å². The summed E-state index contributed by atoms with van der Waals surface area (Å²) in [6, 6.07) is 3.67. The average Bonchev–Trinajstić information content (AvgIpc) is 1.76. The Morgan fingerprint density at radius 2 is 1.50 bits per heavy atom. The predicted octanol–water partition coefficient (Wildman–Crippen LogP) is 0.899. The number of hydrogen-bond acceptors (Lipinski definition) is 1. The number of hydrogen-bond donors (Lipinski definition) is 0. The van der Waals surface area contributed by atoms with Crippen LogP contribution in [0, 0.1) is 0 Å². The van der Waals surface area contributed by atoms with Gasteiger partial charge in [-0.3, -0.25) is 0 Å². The summed E-state index contributed by atoms with van der Waals surface area (Å²) in [5.74, 6) is 0. The van der Waals surface area contributed by atoms with E-state index in [0.29, 0.717) is 0 Å². The van der Waals surface area contributed by atoms with Crippen molar-refractivity contribution in [3.05, 3.63) is 24.7 Å². The van der Waals surface area contributed by atoms with Gasteiger partial charge in [-0.25, -0.2) is 0 Å². The molecule has 1 nitrogen and oxygen atoms in total. The van der Waals surface area contributed by atoms with E-state index in [4.69, 9.17) is 0 Å². The molecule has 1 aromatic rings. The maximum absolute atomic E-state index is 4.58. The number of rotatable bonds is 0. The third-order valence-electron chi connectivity index (χ3n) is 0.425. The molecular weight excluding hydrogens is 88.3 g/mol. The maximum atomic E-state index is 4.58. The van der Waals surface area contributed by atoms with Crippen molar-refractivity contribution in [1.29, 1.82) is 0 Å². The Hall–Kier alpha value is 0.0462. The van der Waals surface area contributed by atoms with Crippen molar-refractivity contribution in [3.8, 4) is 0 Å². The van der Waals surface area contributed by atoms with Gasteiger partial charge in [0.15, 0.2) is 0 Å². The first kappa shape index (κ1) is 6.05. The molecule has 1 rings (SSSR count). The van der Waals surface area contributed by atoms with Crippen molar-refractivity contribution in [1.82, 2.24) is 0 Å². The molecule has 0 bridgehead atoms. The van der Waals surface area contributed by atoms with Gasteiger partial charge in [-0.1, -0.05) is 0 Å². The second kappa shape index (κ2) is 3.24. The van der Waals surface area contributed by atoms with Crippen molar-refractivity contribution in [2.45, 2.75) is 0 Å². The molecule has 2 radical (unpaired) electrons. The summed E-state index contributed by atoms with van der Waals surface area (Å²) in [6.07, 6.45) is 3.25. The molecule has 0 spiro atoms. The zero-order valence-electron chi connectivity index (χ0n) is 3.42. The van der Waals surface area contributed by atoms with Gasteiger partial charge in [0.25, 0.3) is 0 Å². The van der Waals surface area contributed by atoms with Crippen LogP contribution in [0.2, 0.25) is 0 Å². The van der Waals surface area contributed by atoms with Crippen LogP contribution in [0.5, 0.6) is 0 Å². The van der Waals surface area contributed by atoms with Crippen LogP contribution in [0.15, 0.2) is 29.1 Å². The maximum Gasteiger partial charge on any atom is 0.0902 e. The van der Waals surface area contributed by atoms with Crippen LogP contribution in [-0.4, -0.2) is 23.1 Å². The van der Waals surface area contributed by atoms with Crippen LogP contribution in [0.4, 0.5) is 0 Å². The topological polar surface area (TPSA) is 13.1 Å². The normalized spacial score (nSPS) is 6.67. The molecule has 1 heterocycles. The molecule has 0 aliphatic rings. The first-order valence-corrected chi connectivity index (χ1v) is 1.47. The molecule has 0 atom stereocenters. The fourth-order valence-electron chi connectivity index (χ4n) is 0.227. The minimum absolute atomic E-state index is 0. The van der Waals surface area contributed by atoms with E-state index in [2.05, 4.69) is 4.42 Å². The van der Waals surface area contributed by atoms with Crippen molar-refractivity contribution in [2.75, 3.05) is 0 Å². The minimum atomic E-state index is 0. The summed E-state index contributed by atoms with van der Waals surface area (Å²) in [7, 11) is 0. The molecular formula is C4H4MgO. The Morgan fingerprint density at radius 3 is 1.67 bits per heavy atom. The van der Waals surface area contributed by atoms with Crippen LogP contribution in [-0.2, 0) is 0 Å². The smallest absolute Gasteiger partial charge is 0.0902 e. The molecule has 0 amide bonds. The minimum Gasteiger partial charge on any atom is -0.473 e. The van der Waals surface area contributed by atoms with Gasteiger partial charge in [-0.05, 0) is 12.1 Å². The van der Waals surface area contributed by atoms with Crippen molar-refractivity contribution >= 4 is 23.1 Å². The monoisotopic (exact) mass is 92.0 g/mol. The predicted molar refractivity (Wildman–Crippen MR) is 24.5 cm³/mol. The second-order valence-corrected chi connectivity index (χ2v) is 0.793. The number of furan rings is 1. The Morgan fingerprint density at radius 1 is 1.00 bits per heavy atom. The van der Waals surface area contributed by atoms with E-state index in [1.165, 1.54) is 0 Å². The molecule has 1 aromatic heterocycles. The molecule has 0 fully saturated rings. The highest BCUT2D eigenvalue weighted by molar-refractivity contribution is 5.75. The molecule has 0 aromatic carbocycles. The quantitative estimate of drug-likeness (QED) is 0.433. The van der Waals surface area contributed by atoms with Gasteiger partial charge in [0.2, 0.25) is 0 Å². The lowest BCUT2D eigenvalue weighted by Gasteiger charge is -1.50. The van der Waals surface area contributed by atoms with Crippen molar-refractivity contribution < 1.29 is 4.42 Å². The van der Waals surface area contributed by atoms with Crippen LogP contribution < -0.4 is 0 Å². The molecule has 28 valence electrons. The van der Waals surface area contributed by atoms with E-state index in [-0.39, 0.29) is 23.1 Å². The van der Waals surface area contributed by atoms with Crippen LogP contribution in [0.1, 0.15) is 0 Å². The standard InChI is InChI=1S/C4H4O.Mg/c1-2-4-5-3-1;/h1-4H;. The average molecular weight is 92.4 g/mol. The molecule has 0 aliphatic carbocycles. The fraction of sp³-hybridized carbons (Fsp3) is 0. The van der Waals surface area contributed by atoms with Gasteiger partial charge in [-0.15, -0.1) is 0 Å². The van der Waals surface area contributed by atoms with E-state index in [0.717, 1.165) is 0 Å². The zero-order chi connectivity index (χ0) is 3.54. The zero-order valence-corrected chi connectivity index (χ0v) is 4.84. The molecule has 0 unspecified atom stereocenters. The molecule has 6 heavy (non-hydrogen) atoms. The highest BCUT2D eigenvalue weighted by atomic mass is 24.3. The highest BCUT2D eigenvalue weighted by Gasteiger charge is 1.58. The summed E-state index contributed by atoms with van der Waals surface area (Å²) < 4.78 is 4.58. The lowest BCUT2D eigenvalue weighted by Crippen LogP contribution is -1.16. The van der Waals surface area contributed by atoms with Gasteiger partial charge < -0.3 is 4.42 Å². The van der Waals surface area contributed by atoms with Gasteiger partial charge >= 0.3 is 0 Å². The van der Waals surface area contributed by atoms with Gasteiger partial charge in [-0.2, -0.15) is 0 Å². The first-order valence-electron chi connectivity index (χ1n) is 1.47. The largest absolute Gasteiger partial charge is 0.473 e. The van der Waals surface area contributed by atoms with E-state index in [9.17, 15) is 0 Å². The lowest BCUT2D eigenvalue weighted by atomic mass is 10.7. The third-order valence-corrected chi connectivity index (χ3v) is 0.425. The van der Waals surface area contributed by atoms with Gasteiger partial charge in [0.05, 0.1) is 12.5 Å². The SMILES string of the molecule is [Mg].c1ccoc1. The Kier molecular flexibility index (Phi) is 3.27. The summed E-state index contributed by atoms with van der Waals surface area (Å²) in [5, 5.41) is 0. The second-order valence-electron chi connectivity index (χ2n) is 0.793. The lowest BCUT2D eigenvalue weighted by molar-refractivity contribution is 0.567. The summed E-state index contributed by atoms with van der Waals surface area (Å²) in [6.45, 7) is 0. The molecule has 0 N–H and O–H groups in total. The van der Waals surface area contributed by atoms with Crippen molar-refractivity contribution in [2.24, 2.45) is 0 Å². The summed E-state index contributed by atoms with van der Waals surface area (Å²) >= 11 is 0. The molecule has 2 heteroatoms. The van der Waals surface area contributed by atoms with Crippen LogP contribution in [0.25, 0.3) is 0 Å². The van der Waals surface area contributed by atoms with E-state index in [1.807, 2.05) is 12.1 Å². The van der Waals surface area contributed by atoms with Gasteiger partial charge in [0, 0.05) is 23.1 Å². The van der Waals surface area contributed by atoms with E-state index < -0.39 is 0 Å². The van der Waals surface area contributed by atoms with Crippen LogP contribution >= 0.6 is 0 Å². The third kappa shape index (κ3) is 1.47. The van der Waals surface area contributed by atoms with E-state index in [1.54, 1.807) is 12.5 Å².